The molecule has 0 aromatic heterocycles. The minimum absolute atomic E-state index is 0.0795. The Morgan fingerprint density at radius 3 is 2.46 bits per heavy atom. The Morgan fingerprint density at radius 2 is 1.77 bits per heavy atom. The van der Waals surface area contributed by atoms with E-state index in [9.17, 15) is 4.79 Å². The van der Waals surface area contributed by atoms with Gasteiger partial charge in [-0.2, -0.15) is 0 Å². The van der Waals surface area contributed by atoms with E-state index in [0.717, 1.165) is 17.9 Å². The molecule has 0 aliphatic carbocycles. The van der Waals surface area contributed by atoms with Crippen LogP contribution in [0.5, 0.6) is 5.75 Å². The molecular weight excluding hydrogens is 324 g/mol. The zero-order chi connectivity index (χ0) is 18.2. The predicted molar refractivity (Wildman–Crippen MR) is 104 cm³/mol. The standard InChI is InChI=1S/C22H26N2O2/c1-26-21-11-8-18(9-12-21)10-13-22(25)23-16-19-6-2-3-7-20(19)17-24-14-4-5-15-24/h2-3,6-13H,4-5,14-17H2,1H3,(H,23,25)/p+1/b13-10+. The van der Waals surface area contributed by atoms with Crippen LogP contribution < -0.4 is 15.0 Å². The monoisotopic (exact) mass is 351 g/mol. The fraction of sp³-hybridized carbons (Fsp3) is 0.318. The zero-order valence-electron chi connectivity index (χ0n) is 15.3. The van der Waals surface area contributed by atoms with Gasteiger partial charge in [0.25, 0.3) is 0 Å². The second kappa shape index (κ2) is 9.20. The van der Waals surface area contributed by atoms with E-state index in [2.05, 4.69) is 23.5 Å². The van der Waals surface area contributed by atoms with E-state index in [4.69, 9.17) is 4.74 Å². The maximum atomic E-state index is 12.1. The Bertz CT molecular complexity index is 747. The van der Waals surface area contributed by atoms with Gasteiger partial charge >= 0.3 is 0 Å². The van der Waals surface area contributed by atoms with Crippen LogP contribution in [-0.4, -0.2) is 26.1 Å². The number of amides is 1. The van der Waals surface area contributed by atoms with E-state index >= 15 is 0 Å². The van der Waals surface area contributed by atoms with Gasteiger partial charge in [-0.1, -0.05) is 36.4 Å². The van der Waals surface area contributed by atoms with E-state index in [-0.39, 0.29) is 5.91 Å². The minimum atomic E-state index is -0.0795. The summed E-state index contributed by atoms with van der Waals surface area (Å²) in [5, 5.41) is 3.00. The smallest absolute Gasteiger partial charge is 0.244 e. The van der Waals surface area contributed by atoms with Crippen molar-refractivity contribution < 1.29 is 14.4 Å². The number of ether oxygens (including phenoxy) is 1. The van der Waals surface area contributed by atoms with Gasteiger partial charge < -0.3 is 15.0 Å². The molecule has 0 saturated carbocycles. The van der Waals surface area contributed by atoms with E-state index in [0.29, 0.717) is 6.54 Å². The third-order valence-electron chi connectivity index (χ3n) is 4.87. The summed E-state index contributed by atoms with van der Waals surface area (Å²) >= 11 is 0. The van der Waals surface area contributed by atoms with Gasteiger partial charge in [0.1, 0.15) is 12.3 Å². The Labute approximate surface area is 155 Å². The summed E-state index contributed by atoms with van der Waals surface area (Å²) in [5.74, 6) is 0.729. The van der Waals surface area contributed by atoms with Crippen LogP contribution in [0.15, 0.2) is 54.6 Å². The second-order valence-corrected chi connectivity index (χ2v) is 6.73. The summed E-state index contributed by atoms with van der Waals surface area (Å²) in [4.78, 5) is 13.8. The van der Waals surface area contributed by atoms with Gasteiger partial charge in [-0.15, -0.1) is 0 Å². The summed E-state index contributed by atoms with van der Waals surface area (Å²) in [5.41, 5.74) is 3.51. The number of carbonyl (C=O) groups is 1. The molecule has 2 aromatic carbocycles. The first kappa shape index (κ1) is 18.2. The molecule has 1 amide bonds. The summed E-state index contributed by atoms with van der Waals surface area (Å²) in [6, 6.07) is 16.0. The van der Waals surface area contributed by atoms with Crippen molar-refractivity contribution in [2.75, 3.05) is 20.2 Å². The second-order valence-electron chi connectivity index (χ2n) is 6.73. The molecule has 1 aliphatic rings. The number of hydrogen-bond donors (Lipinski definition) is 2. The van der Waals surface area contributed by atoms with Crippen LogP contribution in [0.1, 0.15) is 29.5 Å². The molecule has 0 bridgehead atoms. The Kier molecular flexibility index (Phi) is 6.45. The van der Waals surface area contributed by atoms with Crippen LogP contribution in [0.3, 0.4) is 0 Å². The fourth-order valence-corrected chi connectivity index (χ4v) is 3.35. The van der Waals surface area contributed by atoms with E-state index in [1.165, 1.54) is 37.1 Å². The van der Waals surface area contributed by atoms with Crippen molar-refractivity contribution in [1.29, 1.82) is 0 Å². The summed E-state index contributed by atoms with van der Waals surface area (Å²) < 4.78 is 5.14. The van der Waals surface area contributed by atoms with E-state index in [1.807, 2.05) is 36.4 Å². The molecule has 1 saturated heterocycles. The summed E-state index contributed by atoms with van der Waals surface area (Å²) in [6.45, 7) is 4.12. The largest absolute Gasteiger partial charge is 0.497 e. The Morgan fingerprint density at radius 1 is 1.08 bits per heavy atom. The highest BCUT2D eigenvalue weighted by molar-refractivity contribution is 5.91. The molecule has 1 heterocycles. The van der Waals surface area contributed by atoms with E-state index in [1.54, 1.807) is 18.1 Å². The van der Waals surface area contributed by atoms with Crippen molar-refractivity contribution in [1.82, 2.24) is 5.32 Å². The number of methoxy groups -OCH3 is 1. The highest BCUT2D eigenvalue weighted by Gasteiger charge is 2.17. The van der Waals surface area contributed by atoms with Gasteiger partial charge in [0, 0.05) is 31.0 Å². The lowest BCUT2D eigenvalue weighted by Crippen LogP contribution is -3.08. The topological polar surface area (TPSA) is 42.8 Å². The van der Waals surface area contributed by atoms with Crippen molar-refractivity contribution in [3.05, 3.63) is 71.3 Å². The van der Waals surface area contributed by atoms with Gasteiger partial charge in [0.2, 0.25) is 5.91 Å². The number of nitrogens with one attached hydrogen (secondary N) is 2. The third-order valence-corrected chi connectivity index (χ3v) is 4.87. The highest BCUT2D eigenvalue weighted by Crippen LogP contribution is 2.12. The normalized spacial score (nSPS) is 14.7. The van der Waals surface area contributed by atoms with Gasteiger partial charge in [0.05, 0.1) is 20.2 Å². The van der Waals surface area contributed by atoms with Crippen LogP contribution in [0.25, 0.3) is 6.08 Å². The number of hydrogen-bond acceptors (Lipinski definition) is 2. The lowest BCUT2D eigenvalue weighted by Gasteiger charge is -2.15. The molecule has 1 aliphatic heterocycles. The number of benzene rings is 2. The molecule has 3 rings (SSSR count). The summed E-state index contributed by atoms with van der Waals surface area (Å²) in [6.07, 6.45) is 6.04. The lowest BCUT2D eigenvalue weighted by atomic mass is 10.1. The molecule has 4 heteroatoms. The third kappa shape index (κ3) is 5.20. The van der Waals surface area contributed by atoms with E-state index < -0.39 is 0 Å². The number of carbonyl (C=O) groups excluding carboxylic acids is 1. The molecule has 0 radical (unpaired) electrons. The van der Waals surface area contributed by atoms with Crippen LogP contribution in [0.4, 0.5) is 0 Å². The molecule has 26 heavy (non-hydrogen) atoms. The molecule has 136 valence electrons. The Hall–Kier alpha value is -2.59. The molecule has 1 fully saturated rings. The molecular formula is C22H27N2O2+. The van der Waals surface area contributed by atoms with Gasteiger partial charge in [-0.05, 0) is 29.3 Å². The quantitative estimate of drug-likeness (QED) is 0.751. The highest BCUT2D eigenvalue weighted by atomic mass is 16.5. The first-order valence-electron chi connectivity index (χ1n) is 9.25. The maximum absolute atomic E-state index is 12.1. The maximum Gasteiger partial charge on any atom is 0.244 e. The van der Waals surface area contributed by atoms with Gasteiger partial charge in [-0.3, -0.25) is 4.79 Å². The average molecular weight is 351 g/mol. The molecule has 0 unspecified atom stereocenters. The SMILES string of the molecule is COc1ccc(/C=C/C(=O)NCc2ccccc2C[NH+]2CCCC2)cc1. The van der Waals surface area contributed by atoms with Crippen LogP contribution in [0, 0.1) is 0 Å². The molecule has 2 aromatic rings. The van der Waals surface area contributed by atoms with Crippen LogP contribution in [0.2, 0.25) is 0 Å². The number of quaternary nitrogens is 1. The number of likely N-dealkylation sites (tertiary alicyclic amines) is 1. The van der Waals surface area contributed by atoms with Crippen molar-refractivity contribution in [3.8, 4) is 5.75 Å². The van der Waals surface area contributed by atoms with Crippen molar-refractivity contribution in [3.63, 3.8) is 0 Å². The predicted octanol–water partition coefficient (Wildman–Crippen LogP) is 2.20. The van der Waals surface area contributed by atoms with Gasteiger partial charge in [0.15, 0.2) is 0 Å². The Balaban J connectivity index is 1.54. The van der Waals surface area contributed by atoms with Crippen LogP contribution in [-0.2, 0) is 17.9 Å². The van der Waals surface area contributed by atoms with Crippen molar-refractivity contribution in [2.24, 2.45) is 0 Å². The first-order chi connectivity index (χ1) is 12.7. The molecule has 4 nitrogen and oxygen atoms in total. The van der Waals surface area contributed by atoms with Crippen molar-refractivity contribution >= 4 is 12.0 Å². The van der Waals surface area contributed by atoms with Crippen molar-refractivity contribution in [2.45, 2.75) is 25.9 Å². The van der Waals surface area contributed by atoms with Crippen LogP contribution >= 0.6 is 0 Å². The minimum Gasteiger partial charge on any atom is -0.497 e. The average Bonchev–Trinajstić information content (AvgIpc) is 3.19. The van der Waals surface area contributed by atoms with Gasteiger partial charge in [-0.25, -0.2) is 0 Å². The lowest BCUT2D eigenvalue weighted by molar-refractivity contribution is -0.901. The molecule has 0 spiro atoms. The number of rotatable bonds is 7. The fourth-order valence-electron chi connectivity index (χ4n) is 3.35. The zero-order valence-corrected chi connectivity index (χ0v) is 15.3. The molecule has 2 N–H and O–H groups in total. The molecule has 0 atom stereocenters. The first-order valence-corrected chi connectivity index (χ1v) is 9.25. The summed E-state index contributed by atoms with van der Waals surface area (Å²) in [7, 11) is 1.64.